The van der Waals surface area contributed by atoms with Crippen LogP contribution in [0.5, 0.6) is 11.5 Å². The molecule has 0 bridgehead atoms. The highest BCUT2D eigenvalue weighted by atomic mass is 16.5. The fourth-order valence-corrected chi connectivity index (χ4v) is 5.22. The number of anilines is 4. The Morgan fingerprint density at radius 3 is 1.46 bits per heavy atom. The van der Waals surface area contributed by atoms with Gasteiger partial charge in [0.05, 0.1) is 24.5 Å². The maximum atomic E-state index is 12.9. The van der Waals surface area contributed by atoms with Gasteiger partial charge in [-0.2, -0.15) is 0 Å². The van der Waals surface area contributed by atoms with Crippen LogP contribution in [-0.2, 0) is 12.8 Å². The van der Waals surface area contributed by atoms with E-state index >= 15 is 0 Å². The lowest BCUT2D eigenvalue weighted by Gasteiger charge is -2.27. The highest BCUT2D eigenvalue weighted by Gasteiger charge is 2.19. The standard InChI is InChI=1S/C34H33N3O4/c1-36-15-17-40-33-21-25(7-13-29(33)36)31(38)19-23-3-9-27(10-4-23)35-28-11-5-24(6-12-28)20-32(39)26-8-14-30-34(22-26)41-18-16-37(30)2/h3-14,21-22,35H,15-20H2,1-2H3. The molecule has 4 aromatic carbocycles. The van der Waals surface area contributed by atoms with Crippen LogP contribution in [0.4, 0.5) is 22.7 Å². The van der Waals surface area contributed by atoms with Crippen molar-refractivity contribution in [1.82, 2.24) is 0 Å². The molecule has 0 fully saturated rings. The number of ether oxygens (including phenoxy) is 2. The van der Waals surface area contributed by atoms with E-state index in [2.05, 4.69) is 15.1 Å². The van der Waals surface area contributed by atoms with Crippen LogP contribution in [0.25, 0.3) is 0 Å². The second-order valence-electron chi connectivity index (χ2n) is 10.6. The monoisotopic (exact) mass is 547 g/mol. The van der Waals surface area contributed by atoms with Crippen LogP contribution in [0.1, 0.15) is 31.8 Å². The van der Waals surface area contributed by atoms with Gasteiger partial charge in [-0.3, -0.25) is 9.59 Å². The molecule has 2 heterocycles. The van der Waals surface area contributed by atoms with Gasteiger partial charge in [0, 0.05) is 49.4 Å². The maximum Gasteiger partial charge on any atom is 0.167 e. The molecule has 0 spiro atoms. The smallest absolute Gasteiger partial charge is 0.167 e. The minimum Gasteiger partial charge on any atom is -0.490 e. The second-order valence-corrected chi connectivity index (χ2v) is 10.6. The van der Waals surface area contributed by atoms with E-state index in [-0.39, 0.29) is 11.6 Å². The van der Waals surface area contributed by atoms with E-state index in [1.807, 2.05) is 99.0 Å². The predicted molar refractivity (Wildman–Crippen MR) is 163 cm³/mol. The highest BCUT2D eigenvalue weighted by Crippen LogP contribution is 2.33. The summed E-state index contributed by atoms with van der Waals surface area (Å²) < 4.78 is 11.5. The minimum atomic E-state index is 0.0609. The van der Waals surface area contributed by atoms with E-state index in [1.54, 1.807) is 0 Å². The molecule has 0 aliphatic carbocycles. The average molecular weight is 548 g/mol. The number of nitrogens with zero attached hydrogens (tertiary/aromatic N) is 2. The van der Waals surface area contributed by atoms with Crippen molar-refractivity contribution in [2.45, 2.75) is 12.8 Å². The van der Waals surface area contributed by atoms with Gasteiger partial charge in [-0.05, 0) is 71.8 Å². The summed E-state index contributed by atoms with van der Waals surface area (Å²) >= 11 is 0. The van der Waals surface area contributed by atoms with Gasteiger partial charge in [0.15, 0.2) is 11.6 Å². The Balaban J connectivity index is 1.04. The van der Waals surface area contributed by atoms with Crippen molar-refractivity contribution in [3.63, 3.8) is 0 Å². The number of fused-ring (bicyclic) bond motifs is 2. The molecule has 4 aromatic rings. The average Bonchev–Trinajstić information content (AvgIpc) is 2.99. The van der Waals surface area contributed by atoms with Gasteiger partial charge in [-0.25, -0.2) is 0 Å². The SMILES string of the molecule is CN1CCOc2cc(C(=O)Cc3ccc(Nc4ccc(CC(=O)c5ccc6c(c5)OCCN6C)cc4)cc3)ccc21. The zero-order valence-electron chi connectivity index (χ0n) is 23.4. The van der Waals surface area contributed by atoms with Gasteiger partial charge in [-0.15, -0.1) is 0 Å². The van der Waals surface area contributed by atoms with Gasteiger partial charge >= 0.3 is 0 Å². The lowest BCUT2D eigenvalue weighted by atomic mass is 10.0. The van der Waals surface area contributed by atoms with Crippen LogP contribution in [0.2, 0.25) is 0 Å². The maximum absolute atomic E-state index is 12.9. The molecule has 6 rings (SSSR count). The van der Waals surface area contributed by atoms with Crippen molar-refractivity contribution in [3.8, 4) is 11.5 Å². The van der Waals surface area contributed by atoms with E-state index in [0.29, 0.717) is 37.2 Å². The topological polar surface area (TPSA) is 71.1 Å². The third-order valence-electron chi connectivity index (χ3n) is 7.68. The molecule has 0 atom stereocenters. The summed E-state index contributed by atoms with van der Waals surface area (Å²) in [6, 6.07) is 27.1. The molecule has 0 aromatic heterocycles. The minimum absolute atomic E-state index is 0.0609. The number of hydrogen-bond acceptors (Lipinski definition) is 7. The molecule has 0 unspecified atom stereocenters. The summed E-state index contributed by atoms with van der Waals surface area (Å²) in [4.78, 5) is 30.1. The largest absolute Gasteiger partial charge is 0.490 e. The Kier molecular flexibility index (Phi) is 7.33. The zero-order chi connectivity index (χ0) is 28.3. The Morgan fingerprint density at radius 2 is 1.05 bits per heavy atom. The van der Waals surface area contributed by atoms with Gasteiger partial charge < -0.3 is 24.6 Å². The molecule has 0 saturated heterocycles. The van der Waals surface area contributed by atoms with Crippen LogP contribution in [0, 0.1) is 0 Å². The summed E-state index contributed by atoms with van der Waals surface area (Å²) in [7, 11) is 4.06. The molecular formula is C34H33N3O4. The first kappa shape index (κ1) is 26.4. The van der Waals surface area contributed by atoms with E-state index in [0.717, 1.165) is 58.5 Å². The highest BCUT2D eigenvalue weighted by molar-refractivity contribution is 5.99. The fraction of sp³-hybridized carbons (Fsp3) is 0.235. The summed E-state index contributed by atoms with van der Waals surface area (Å²) in [6.45, 7) is 2.93. The molecule has 208 valence electrons. The second kappa shape index (κ2) is 11.4. The van der Waals surface area contributed by atoms with Crippen molar-refractivity contribution in [1.29, 1.82) is 0 Å². The molecule has 2 aliphatic rings. The molecule has 41 heavy (non-hydrogen) atoms. The first-order chi connectivity index (χ1) is 19.9. The number of rotatable bonds is 8. The molecular weight excluding hydrogens is 514 g/mol. The quantitative estimate of drug-likeness (QED) is 0.274. The van der Waals surface area contributed by atoms with Crippen LogP contribution in [-0.4, -0.2) is 52.0 Å². The van der Waals surface area contributed by atoms with Crippen molar-refractivity contribution in [2.24, 2.45) is 0 Å². The summed E-state index contributed by atoms with van der Waals surface area (Å²) in [5.41, 5.74) is 7.10. The normalized spacial score (nSPS) is 13.9. The zero-order valence-corrected chi connectivity index (χ0v) is 23.4. The van der Waals surface area contributed by atoms with Crippen molar-refractivity contribution >= 4 is 34.3 Å². The first-order valence-electron chi connectivity index (χ1n) is 13.9. The van der Waals surface area contributed by atoms with Crippen LogP contribution in [0.15, 0.2) is 84.9 Å². The number of ketones is 2. The number of hydrogen-bond donors (Lipinski definition) is 1. The summed E-state index contributed by atoms with van der Waals surface area (Å²) in [5.74, 6) is 1.65. The fourth-order valence-electron chi connectivity index (χ4n) is 5.22. The lowest BCUT2D eigenvalue weighted by Crippen LogP contribution is -2.28. The third-order valence-corrected chi connectivity index (χ3v) is 7.68. The Labute approximate surface area is 240 Å². The van der Waals surface area contributed by atoms with E-state index in [1.165, 1.54) is 0 Å². The molecule has 0 saturated carbocycles. The van der Waals surface area contributed by atoms with Gasteiger partial charge in [-0.1, -0.05) is 24.3 Å². The Morgan fingerprint density at radius 1 is 0.634 bits per heavy atom. The molecule has 1 N–H and O–H groups in total. The molecule has 0 radical (unpaired) electrons. The Hall–Kier alpha value is -4.78. The van der Waals surface area contributed by atoms with Gasteiger partial charge in [0.25, 0.3) is 0 Å². The van der Waals surface area contributed by atoms with Gasteiger partial charge in [0.1, 0.15) is 24.7 Å². The summed E-state index contributed by atoms with van der Waals surface area (Å²) in [5, 5.41) is 3.39. The first-order valence-corrected chi connectivity index (χ1v) is 13.9. The van der Waals surface area contributed by atoms with Gasteiger partial charge in [0.2, 0.25) is 0 Å². The molecule has 7 nitrogen and oxygen atoms in total. The predicted octanol–water partition coefficient (Wildman–Crippen LogP) is 5.94. The van der Waals surface area contributed by atoms with E-state index in [4.69, 9.17) is 9.47 Å². The van der Waals surface area contributed by atoms with Crippen LogP contribution in [0.3, 0.4) is 0 Å². The number of carbonyl (C=O) groups excluding carboxylic acids is 2. The number of benzene rings is 4. The number of carbonyl (C=O) groups is 2. The third kappa shape index (κ3) is 5.89. The summed E-state index contributed by atoms with van der Waals surface area (Å²) in [6.07, 6.45) is 0.648. The molecule has 0 amide bonds. The van der Waals surface area contributed by atoms with Crippen LogP contribution >= 0.6 is 0 Å². The number of Topliss-reactive ketones (excluding diaryl/α,β-unsaturated/α-hetero) is 2. The number of nitrogens with one attached hydrogen (secondary N) is 1. The van der Waals surface area contributed by atoms with Crippen molar-refractivity contribution < 1.29 is 19.1 Å². The molecule has 7 heteroatoms. The Bertz CT molecular complexity index is 1460. The molecule has 2 aliphatic heterocycles. The van der Waals surface area contributed by atoms with Crippen molar-refractivity contribution in [3.05, 3.63) is 107 Å². The van der Waals surface area contributed by atoms with E-state index < -0.39 is 0 Å². The van der Waals surface area contributed by atoms with Crippen molar-refractivity contribution in [2.75, 3.05) is 55.5 Å². The lowest BCUT2D eigenvalue weighted by molar-refractivity contribution is 0.0984. The van der Waals surface area contributed by atoms with Crippen LogP contribution < -0.4 is 24.6 Å². The van der Waals surface area contributed by atoms with E-state index in [9.17, 15) is 9.59 Å². The number of likely N-dealkylation sites (N-methyl/N-ethyl adjacent to an activating group) is 2.